The Kier molecular flexibility index (Phi) is 7.85. The first-order chi connectivity index (χ1) is 21.0. The summed E-state index contributed by atoms with van der Waals surface area (Å²) in [5.41, 5.74) is 10.1. The zero-order valence-corrected chi connectivity index (χ0v) is 26.8. The number of hydrogen-bond acceptors (Lipinski definition) is 0. The van der Waals surface area contributed by atoms with Gasteiger partial charge in [0.2, 0.25) is 0 Å². The van der Waals surface area contributed by atoms with Crippen molar-refractivity contribution in [2.45, 2.75) is 47.5 Å². The Morgan fingerprint density at radius 1 is 0.605 bits per heavy atom. The third-order valence-corrected chi connectivity index (χ3v) is 10.5. The molecule has 2 aliphatic heterocycles. The van der Waals surface area contributed by atoms with E-state index in [4.69, 9.17) is 0 Å². The third kappa shape index (κ3) is 4.39. The summed E-state index contributed by atoms with van der Waals surface area (Å²) in [6, 6.07) is 27.0. The predicted molar refractivity (Wildman–Crippen MR) is 190 cm³/mol. The van der Waals surface area contributed by atoms with Crippen LogP contribution < -0.4 is 8.97 Å². The quantitative estimate of drug-likeness (QED) is 0.147. The number of allylic oxidation sites excluding steroid dienone is 9. The molecule has 218 valence electrons. The third-order valence-electron chi connectivity index (χ3n) is 10.5. The van der Waals surface area contributed by atoms with Crippen molar-refractivity contribution in [2.24, 2.45) is 0 Å². The van der Waals surface area contributed by atoms with Crippen LogP contribution in [0, 0.1) is 0 Å². The molecule has 0 N–H and O–H groups in total. The SMILES string of the molecule is CC[N+]1(CC)C(C=CC=CC=CC=C2C(C)c3c(ccc4ccccc34)[N+]2(CC)CC)=C(C)c2c1ccc1ccccc21. The van der Waals surface area contributed by atoms with Crippen LogP contribution in [0.25, 0.3) is 27.1 Å². The predicted octanol–water partition coefficient (Wildman–Crippen LogP) is 10.8. The van der Waals surface area contributed by atoms with Gasteiger partial charge in [-0.1, -0.05) is 78.9 Å². The molecule has 0 fully saturated rings. The van der Waals surface area contributed by atoms with Gasteiger partial charge < -0.3 is 0 Å². The van der Waals surface area contributed by atoms with E-state index >= 15 is 0 Å². The van der Waals surface area contributed by atoms with Crippen molar-refractivity contribution >= 4 is 38.5 Å². The minimum atomic E-state index is 0.387. The van der Waals surface area contributed by atoms with E-state index in [1.165, 1.54) is 61.0 Å². The fraction of sp³-hybridized carbons (Fsp3) is 0.268. The van der Waals surface area contributed by atoms with Crippen LogP contribution in [0.4, 0.5) is 11.4 Å². The minimum absolute atomic E-state index is 0.387. The van der Waals surface area contributed by atoms with Crippen molar-refractivity contribution in [3.63, 3.8) is 0 Å². The monoisotopic (exact) mass is 566 g/mol. The summed E-state index contributed by atoms with van der Waals surface area (Å²) in [7, 11) is 0. The van der Waals surface area contributed by atoms with Crippen molar-refractivity contribution in [3.8, 4) is 0 Å². The van der Waals surface area contributed by atoms with Gasteiger partial charge in [-0.25, -0.2) is 0 Å². The van der Waals surface area contributed by atoms with Crippen molar-refractivity contribution in [1.29, 1.82) is 0 Å². The number of rotatable bonds is 8. The first-order valence-electron chi connectivity index (χ1n) is 16.2. The van der Waals surface area contributed by atoms with Crippen molar-refractivity contribution in [1.82, 2.24) is 8.97 Å². The highest BCUT2D eigenvalue weighted by Crippen LogP contribution is 2.51. The topological polar surface area (TPSA) is 0 Å². The number of benzene rings is 4. The average Bonchev–Trinajstić information content (AvgIpc) is 3.45. The van der Waals surface area contributed by atoms with Crippen LogP contribution in [0.5, 0.6) is 0 Å². The molecule has 6 rings (SSSR count). The standard InChI is InChI=1S/C41H46N2/c1-7-42(8-2)36(30(5)40-34-22-18-16-20-32(34)26-28-38(40)42)24-14-12-11-13-15-25-37-31(6)41-35-23-19-17-21-33(35)27-29-39(41)43(37,9-3)10-4/h11-30H,7-10H2,1-6H3/q+2. The maximum Gasteiger partial charge on any atom is 0.146 e. The van der Waals surface area contributed by atoms with Crippen LogP contribution >= 0.6 is 0 Å². The second-order valence-corrected chi connectivity index (χ2v) is 12.1. The highest BCUT2D eigenvalue weighted by atomic mass is 15.4. The zero-order chi connectivity index (χ0) is 30.2. The number of likely N-dealkylation sites (N-methyl/N-ethyl adjacent to an activating group) is 2. The Bertz CT molecular complexity index is 1840. The van der Waals surface area contributed by atoms with Crippen molar-refractivity contribution in [3.05, 3.63) is 138 Å². The van der Waals surface area contributed by atoms with Gasteiger partial charge in [-0.05, 0) is 87.4 Å². The molecule has 2 heterocycles. The molecule has 2 aliphatic rings. The summed E-state index contributed by atoms with van der Waals surface area (Å²) >= 11 is 0. The van der Waals surface area contributed by atoms with Gasteiger partial charge in [0.15, 0.2) is 0 Å². The first-order valence-corrected chi connectivity index (χ1v) is 16.2. The molecule has 0 aromatic heterocycles. The van der Waals surface area contributed by atoms with Crippen molar-refractivity contribution in [2.75, 3.05) is 26.2 Å². The number of hydrogen-bond donors (Lipinski definition) is 0. The lowest BCUT2D eigenvalue weighted by Gasteiger charge is -2.34. The van der Waals surface area contributed by atoms with Crippen LogP contribution in [0.3, 0.4) is 0 Å². The lowest BCUT2D eigenvalue weighted by atomic mass is 9.94. The number of fused-ring (bicyclic) bond motifs is 6. The Morgan fingerprint density at radius 3 is 1.84 bits per heavy atom. The fourth-order valence-corrected chi connectivity index (χ4v) is 8.24. The smallest absolute Gasteiger partial charge is 0.146 e. The molecule has 1 unspecified atom stereocenters. The maximum atomic E-state index is 2.39. The van der Waals surface area contributed by atoms with Gasteiger partial charge in [0.1, 0.15) is 22.8 Å². The lowest BCUT2D eigenvalue weighted by Crippen LogP contribution is -2.45. The minimum Gasteiger partial charge on any atom is -0.262 e. The van der Waals surface area contributed by atoms with Gasteiger partial charge in [0.05, 0.1) is 37.7 Å². The molecular formula is C41H46N2+2. The molecule has 0 spiro atoms. The summed E-state index contributed by atoms with van der Waals surface area (Å²) in [5.74, 6) is 0.387. The molecule has 0 saturated carbocycles. The van der Waals surface area contributed by atoms with E-state index in [0.717, 1.165) is 35.1 Å². The van der Waals surface area contributed by atoms with E-state index < -0.39 is 0 Å². The largest absolute Gasteiger partial charge is 0.262 e. The molecule has 0 saturated heterocycles. The summed E-state index contributed by atoms with van der Waals surface area (Å²) in [6.07, 6.45) is 15.7. The fourth-order valence-electron chi connectivity index (χ4n) is 8.24. The highest BCUT2D eigenvalue weighted by Gasteiger charge is 2.46. The summed E-state index contributed by atoms with van der Waals surface area (Å²) < 4.78 is 1.84. The summed E-state index contributed by atoms with van der Waals surface area (Å²) in [4.78, 5) is 0. The number of quaternary nitrogens is 2. The van der Waals surface area contributed by atoms with E-state index in [-0.39, 0.29) is 0 Å². The highest BCUT2D eigenvalue weighted by molar-refractivity contribution is 6.03. The first kappa shape index (κ1) is 29.1. The molecule has 1 atom stereocenters. The van der Waals surface area contributed by atoms with Gasteiger partial charge in [-0.15, -0.1) is 0 Å². The van der Waals surface area contributed by atoms with Gasteiger partial charge in [0, 0.05) is 23.3 Å². The van der Waals surface area contributed by atoms with E-state index in [2.05, 4.69) is 157 Å². The molecule has 4 aromatic rings. The molecule has 2 heteroatoms. The molecule has 43 heavy (non-hydrogen) atoms. The molecule has 0 bridgehead atoms. The van der Waals surface area contributed by atoms with Crippen LogP contribution in [0.2, 0.25) is 0 Å². The van der Waals surface area contributed by atoms with Crippen LogP contribution in [0.15, 0.2) is 127 Å². The molecule has 0 amide bonds. The van der Waals surface area contributed by atoms with Crippen LogP contribution in [-0.4, -0.2) is 26.2 Å². The lowest BCUT2D eigenvalue weighted by molar-refractivity contribution is 0.377. The Morgan fingerprint density at radius 2 is 1.16 bits per heavy atom. The van der Waals surface area contributed by atoms with Gasteiger partial charge in [0.25, 0.3) is 0 Å². The Balaban J connectivity index is 1.28. The maximum absolute atomic E-state index is 2.39. The molecule has 2 nitrogen and oxygen atoms in total. The molecule has 0 aliphatic carbocycles. The summed E-state index contributed by atoms with van der Waals surface area (Å²) in [5, 5.41) is 5.41. The van der Waals surface area contributed by atoms with Gasteiger partial charge in [-0.3, -0.25) is 8.97 Å². The van der Waals surface area contributed by atoms with Crippen LogP contribution in [0.1, 0.15) is 58.6 Å². The van der Waals surface area contributed by atoms with E-state index in [1.54, 1.807) is 0 Å². The molecular weight excluding hydrogens is 520 g/mol. The molecule has 4 aromatic carbocycles. The van der Waals surface area contributed by atoms with Crippen LogP contribution in [-0.2, 0) is 0 Å². The molecule has 0 radical (unpaired) electrons. The Labute approximate surface area is 258 Å². The van der Waals surface area contributed by atoms with Gasteiger partial charge >= 0.3 is 0 Å². The van der Waals surface area contributed by atoms with E-state index in [1.807, 2.05) is 0 Å². The Hall–Kier alpha value is -3.98. The van der Waals surface area contributed by atoms with Gasteiger partial charge in [-0.2, -0.15) is 0 Å². The normalized spacial score (nSPS) is 20.0. The number of nitrogens with zero attached hydrogens (tertiary/aromatic N) is 2. The second-order valence-electron chi connectivity index (χ2n) is 12.1. The van der Waals surface area contributed by atoms with E-state index in [9.17, 15) is 0 Å². The average molecular weight is 567 g/mol. The zero-order valence-electron chi connectivity index (χ0n) is 26.8. The van der Waals surface area contributed by atoms with Crippen molar-refractivity contribution < 1.29 is 0 Å². The summed E-state index contributed by atoms with van der Waals surface area (Å²) in [6.45, 7) is 18.2. The van der Waals surface area contributed by atoms with E-state index in [0.29, 0.717) is 5.92 Å². The second kappa shape index (κ2) is 11.6.